The molecule has 3 aromatic rings. The van der Waals surface area contributed by atoms with Crippen LogP contribution in [0, 0.1) is 11.7 Å². The van der Waals surface area contributed by atoms with E-state index in [1.807, 2.05) is 31.2 Å². The van der Waals surface area contributed by atoms with Gasteiger partial charge in [-0.15, -0.1) is 0 Å². The van der Waals surface area contributed by atoms with Crippen molar-refractivity contribution < 1.29 is 18.7 Å². The summed E-state index contributed by atoms with van der Waals surface area (Å²) in [6.45, 7) is 4.26. The lowest BCUT2D eigenvalue weighted by Crippen LogP contribution is -2.38. The second-order valence-corrected chi connectivity index (χ2v) is 8.38. The number of halogens is 1. The van der Waals surface area contributed by atoms with Crippen LogP contribution in [-0.4, -0.2) is 42.2 Å². The second kappa shape index (κ2) is 10.2. The van der Waals surface area contributed by atoms with E-state index < -0.39 is 0 Å². The lowest BCUT2D eigenvalue weighted by molar-refractivity contribution is -0.149. The molecule has 0 bridgehead atoms. The monoisotopic (exact) mass is 452 g/mol. The first-order valence-electron chi connectivity index (χ1n) is 11.3. The third kappa shape index (κ3) is 5.09. The minimum atomic E-state index is -0.341. The molecule has 1 aliphatic heterocycles. The summed E-state index contributed by atoms with van der Waals surface area (Å²) in [5.74, 6) is 0.0805. The van der Waals surface area contributed by atoms with Crippen molar-refractivity contribution in [3.8, 4) is 5.75 Å². The molecular weight excluding hydrogens is 423 g/mol. The Bertz CT molecular complexity index is 1200. The highest BCUT2D eigenvalue weighted by Crippen LogP contribution is 2.24. The van der Waals surface area contributed by atoms with E-state index in [0.29, 0.717) is 48.4 Å². The fraction of sp³-hybridized carbons (Fsp3) is 0.385. The van der Waals surface area contributed by atoms with Crippen molar-refractivity contribution in [2.24, 2.45) is 5.92 Å². The highest BCUT2D eigenvalue weighted by Gasteiger charge is 2.26. The predicted molar refractivity (Wildman–Crippen MR) is 125 cm³/mol. The maximum absolute atomic E-state index is 14.4. The lowest BCUT2D eigenvalue weighted by atomic mass is 9.96. The Morgan fingerprint density at radius 1 is 1.06 bits per heavy atom. The Labute approximate surface area is 192 Å². The number of carbonyl (C=O) groups is 1. The van der Waals surface area contributed by atoms with Crippen LogP contribution in [0.5, 0.6) is 5.75 Å². The molecule has 4 rings (SSSR count). The van der Waals surface area contributed by atoms with Gasteiger partial charge < -0.3 is 14.0 Å². The molecular formula is C26H29FN2O4. The lowest BCUT2D eigenvalue weighted by Gasteiger charge is -2.30. The molecule has 1 fully saturated rings. The van der Waals surface area contributed by atoms with Crippen LogP contribution in [0.15, 0.2) is 53.3 Å². The van der Waals surface area contributed by atoms with Crippen LogP contribution >= 0.6 is 0 Å². The number of fused-ring (bicyclic) bond motifs is 1. The van der Waals surface area contributed by atoms with Crippen LogP contribution < -0.4 is 10.3 Å². The number of hydrogen-bond acceptors (Lipinski definition) is 5. The van der Waals surface area contributed by atoms with Crippen LogP contribution in [0.25, 0.3) is 10.9 Å². The zero-order valence-electron chi connectivity index (χ0n) is 19.1. The normalized spacial score (nSPS) is 15.0. The SMILES string of the molecule is CCOC(=O)C1CCN(Cc2cc3ccc(OC)cc3n(Cc3ccccc3F)c2=O)CC1. The predicted octanol–water partition coefficient (Wildman–Crippen LogP) is 3.97. The van der Waals surface area contributed by atoms with Crippen molar-refractivity contribution in [1.82, 2.24) is 9.47 Å². The van der Waals surface area contributed by atoms with Gasteiger partial charge in [-0.2, -0.15) is 0 Å². The smallest absolute Gasteiger partial charge is 0.309 e. The van der Waals surface area contributed by atoms with Crippen molar-refractivity contribution in [2.75, 3.05) is 26.8 Å². The zero-order chi connectivity index (χ0) is 23.4. The van der Waals surface area contributed by atoms with Crippen molar-refractivity contribution >= 4 is 16.9 Å². The van der Waals surface area contributed by atoms with Gasteiger partial charge in [-0.1, -0.05) is 18.2 Å². The Morgan fingerprint density at radius 3 is 2.52 bits per heavy atom. The van der Waals surface area contributed by atoms with Crippen LogP contribution in [-0.2, 0) is 22.6 Å². The van der Waals surface area contributed by atoms with E-state index in [2.05, 4.69) is 4.90 Å². The van der Waals surface area contributed by atoms with Gasteiger partial charge in [0.25, 0.3) is 5.56 Å². The van der Waals surface area contributed by atoms with Crippen molar-refractivity contribution in [1.29, 1.82) is 0 Å². The van der Waals surface area contributed by atoms with Gasteiger partial charge in [0.15, 0.2) is 0 Å². The molecule has 1 aromatic heterocycles. The van der Waals surface area contributed by atoms with Gasteiger partial charge in [-0.25, -0.2) is 4.39 Å². The summed E-state index contributed by atoms with van der Waals surface area (Å²) < 4.78 is 26.5. The summed E-state index contributed by atoms with van der Waals surface area (Å²) in [7, 11) is 1.58. The molecule has 0 saturated carbocycles. The molecule has 2 aromatic carbocycles. The number of likely N-dealkylation sites (tertiary alicyclic amines) is 1. The van der Waals surface area contributed by atoms with Crippen LogP contribution in [0.1, 0.15) is 30.9 Å². The van der Waals surface area contributed by atoms with Gasteiger partial charge in [0, 0.05) is 23.7 Å². The minimum Gasteiger partial charge on any atom is -0.497 e. The third-order valence-electron chi connectivity index (χ3n) is 6.27. The molecule has 1 aliphatic rings. The van der Waals surface area contributed by atoms with Crippen LogP contribution in [0.3, 0.4) is 0 Å². The molecule has 7 heteroatoms. The highest BCUT2D eigenvalue weighted by molar-refractivity contribution is 5.81. The number of ether oxygens (including phenoxy) is 2. The van der Waals surface area contributed by atoms with Crippen molar-refractivity contribution in [3.05, 3.63) is 75.8 Å². The van der Waals surface area contributed by atoms with Gasteiger partial charge in [0.2, 0.25) is 0 Å². The number of pyridine rings is 1. The molecule has 0 unspecified atom stereocenters. The number of methoxy groups -OCH3 is 1. The molecule has 33 heavy (non-hydrogen) atoms. The number of nitrogens with zero attached hydrogens (tertiary/aromatic N) is 2. The van der Waals surface area contributed by atoms with Crippen molar-refractivity contribution in [3.63, 3.8) is 0 Å². The molecule has 2 heterocycles. The van der Waals surface area contributed by atoms with Crippen LogP contribution in [0.4, 0.5) is 4.39 Å². The van der Waals surface area contributed by atoms with Gasteiger partial charge in [0.1, 0.15) is 11.6 Å². The van der Waals surface area contributed by atoms with Gasteiger partial charge in [-0.3, -0.25) is 14.5 Å². The summed E-state index contributed by atoms with van der Waals surface area (Å²) in [5, 5.41) is 0.892. The maximum Gasteiger partial charge on any atom is 0.309 e. The number of rotatable bonds is 7. The van der Waals surface area contributed by atoms with E-state index in [0.717, 1.165) is 18.5 Å². The molecule has 0 radical (unpaired) electrons. The first-order chi connectivity index (χ1) is 16.0. The Hall–Kier alpha value is -3.19. The molecule has 0 atom stereocenters. The molecule has 0 N–H and O–H groups in total. The third-order valence-corrected chi connectivity index (χ3v) is 6.27. The average molecular weight is 453 g/mol. The average Bonchev–Trinajstić information content (AvgIpc) is 2.83. The van der Waals surface area contributed by atoms with E-state index in [1.54, 1.807) is 29.9 Å². The van der Waals surface area contributed by atoms with Crippen molar-refractivity contribution in [2.45, 2.75) is 32.9 Å². The van der Waals surface area contributed by atoms with E-state index >= 15 is 0 Å². The molecule has 6 nitrogen and oxygen atoms in total. The number of carbonyl (C=O) groups excluding carboxylic acids is 1. The van der Waals surface area contributed by atoms with E-state index in [4.69, 9.17) is 9.47 Å². The van der Waals surface area contributed by atoms with Gasteiger partial charge >= 0.3 is 5.97 Å². The molecule has 0 spiro atoms. The summed E-state index contributed by atoms with van der Waals surface area (Å²) in [4.78, 5) is 27.7. The van der Waals surface area contributed by atoms with Crippen LogP contribution in [0.2, 0.25) is 0 Å². The quantitative estimate of drug-likeness (QED) is 0.508. The maximum atomic E-state index is 14.4. The van der Waals surface area contributed by atoms with Gasteiger partial charge in [0.05, 0.1) is 31.7 Å². The number of esters is 1. The first-order valence-corrected chi connectivity index (χ1v) is 11.3. The van der Waals surface area contributed by atoms with E-state index in [9.17, 15) is 14.0 Å². The van der Waals surface area contributed by atoms with Gasteiger partial charge in [-0.05, 0) is 62.5 Å². The first kappa shape index (κ1) is 23.0. The summed E-state index contributed by atoms with van der Waals surface area (Å²) in [5.41, 5.74) is 1.66. The molecule has 174 valence electrons. The molecule has 0 amide bonds. The molecule has 1 saturated heterocycles. The van der Waals surface area contributed by atoms with E-state index in [1.165, 1.54) is 6.07 Å². The number of piperidine rings is 1. The Balaban J connectivity index is 1.64. The largest absolute Gasteiger partial charge is 0.497 e. The summed E-state index contributed by atoms with van der Waals surface area (Å²) in [6.07, 6.45) is 1.43. The Kier molecular flexibility index (Phi) is 7.08. The summed E-state index contributed by atoms with van der Waals surface area (Å²) in [6, 6.07) is 14.0. The second-order valence-electron chi connectivity index (χ2n) is 8.38. The zero-order valence-corrected chi connectivity index (χ0v) is 19.1. The number of benzene rings is 2. The molecule has 0 aliphatic carbocycles. The highest BCUT2D eigenvalue weighted by atomic mass is 19.1. The number of hydrogen-bond donors (Lipinski definition) is 0. The fourth-order valence-electron chi connectivity index (χ4n) is 4.43. The number of aromatic nitrogens is 1. The Morgan fingerprint density at radius 2 is 1.82 bits per heavy atom. The topological polar surface area (TPSA) is 60.8 Å². The fourth-order valence-corrected chi connectivity index (χ4v) is 4.43. The van der Waals surface area contributed by atoms with E-state index in [-0.39, 0.29) is 29.8 Å². The standard InChI is InChI=1S/C26H29FN2O4/c1-3-33-26(31)18-10-12-28(13-11-18)16-21-14-19-8-9-22(32-2)15-24(19)29(25(21)30)17-20-6-4-5-7-23(20)27/h4-9,14-15,18H,3,10-13,16-17H2,1-2H3. The minimum absolute atomic E-state index is 0.0806. The summed E-state index contributed by atoms with van der Waals surface area (Å²) >= 11 is 0.